The summed E-state index contributed by atoms with van der Waals surface area (Å²) in [6.45, 7) is 4.84. The lowest BCUT2D eigenvalue weighted by atomic mass is 9.90. The van der Waals surface area contributed by atoms with Gasteiger partial charge in [-0.1, -0.05) is 17.7 Å². The Morgan fingerprint density at radius 2 is 2.06 bits per heavy atom. The number of piperidine rings is 1. The van der Waals surface area contributed by atoms with Crippen molar-refractivity contribution < 1.29 is 23.8 Å². The highest BCUT2D eigenvalue weighted by atomic mass is 35.5. The van der Waals surface area contributed by atoms with E-state index in [2.05, 4.69) is 10.2 Å². The molecule has 0 bridgehead atoms. The van der Waals surface area contributed by atoms with Crippen molar-refractivity contribution in [1.82, 2.24) is 15.1 Å². The van der Waals surface area contributed by atoms with Crippen LogP contribution in [0.4, 0.5) is 10.5 Å². The zero-order chi connectivity index (χ0) is 22.6. The number of anilines is 1. The Hall–Kier alpha value is -2.23. The Bertz CT molecular complexity index is 941. The van der Waals surface area contributed by atoms with Gasteiger partial charge in [-0.15, -0.1) is 0 Å². The van der Waals surface area contributed by atoms with E-state index in [1.807, 2.05) is 18.2 Å². The van der Waals surface area contributed by atoms with Gasteiger partial charge >= 0.3 is 6.03 Å². The van der Waals surface area contributed by atoms with Gasteiger partial charge in [0.2, 0.25) is 5.91 Å². The normalized spacial score (nSPS) is 28.8. The molecule has 2 atom stereocenters. The Morgan fingerprint density at radius 3 is 2.85 bits per heavy atom. The molecule has 9 nitrogen and oxygen atoms in total. The molecule has 1 aromatic rings. The number of morpholine rings is 1. The van der Waals surface area contributed by atoms with Crippen molar-refractivity contribution in [2.75, 3.05) is 57.4 Å². The number of hydrogen-bond donors (Lipinski definition) is 1. The number of carbonyl (C=O) groups excluding carboxylic acids is 2. The summed E-state index contributed by atoms with van der Waals surface area (Å²) >= 11 is 6.69. The van der Waals surface area contributed by atoms with Crippen LogP contribution < -0.4 is 15.0 Å². The summed E-state index contributed by atoms with van der Waals surface area (Å²) in [4.78, 5) is 30.3. The molecule has 0 unspecified atom stereocenters. The molecule has 5 aliphatic heterocycles. The highest BCUT2D eigenvalue weighted by Crippen LogP contribution is 2.43. The van der Waals surface area contributed by atoms with E-state index in [0.29, 0.717) is 37.0 Å². The average Bonchev–Trinajstić information content (AvgIpc) is 3.25. The first-order valence-electron chi connectivity index (χ1n) is 11.8. The molecule has 3 amide bonds. The van der Waals surface area contributed by atoms with Gasteiger partial charge in [0.1, 0.15) is 29.1 Å². The molecule has 5 aliphatic rings. The van der Waals surface area contributed by atoms with Gasteiger partial charge in [0.15, 0.2) is 0 Å². The second kappa shape index (κ2) is 8.21. The van der Waals surface area contributed by atoms with Crippen molar-refractivity contribution in [2.24, 2.45) is 0 Å². The smallest absolute Gasteiger partial charge is 0.320 e. The molecule has 1 spiro atoms. The maximum absolute atomic E-state index is 12.9. The first-order chi connectivity index (χ1) is 16.0. The molecule has 5 heterocycles. The minimum Gasteiger partial charge on any atom is -0.485 e. The Morgan fingerprint density at radius 1 is 1.21 bits per heavy atom. The maximum Gasteiger partial charge on any atom is 0.320 e. The average molecular weight is 477 g/mol. The molecular weight excluding hydrogens is 448 g/mol. The number of ether oxygens (including phenoxy) is 3. The monoisotopic (exact) mass is 476 g/mol. The quantitative estimate of drug-likeness (QED) is 0.711. The summed E-state index contributed by atoms with van der Waals surface area (Å²) in [5.74, 6) is 0.536. The summed E-state index contributed by atoms with van der Waals surface area (Å²) in [5.41, 5.74) is 0.984. The summed E-state index contributed by atoms with van der Waals surface area (Å²) in [7, 11) is 0. The van der Waals surface area contributed by atoms with E-state index in [1.165, 1.54) is 0 Å². The second-order valence-electron chi connectivity index (χ2n) is 9.77. The molecule has 10 heteroatoms. The molecule has 0 aromatic heterocycles. The summed E-state index contributed by atoms with van der Waals surface area (Å²) in [6, 6.07) is 5.72. The number of rotatable bonds is 3. The number of amides is 3. The van der Waals surface area contributed by atoms with E-state index >= 15 is 0 Å². The lowest BCUT2D eigenvalue weighted by molar-refractivity contribution is -0.139. The van der Waals surface area contributed by atoms with Crippen molar-refractivity contribution in [2.45, 2.75) is 43.1 Å². The molecule has 0 saturated carbocycles. The number of likely N-dealkylation sites (tertiary alicyclic amines) is 2. The lowest BCUT2D eigenvalue weighted by Gasteiger charge is -2.49. The molecule has 0 radical (unpaired) electrons. The summed E-state index contributed by atoms with van der Waals surface area (Å²) in [5, 5.41) is 3.55. The number of carbonyl (C=O) groups is 2. The van der Waals surface area contributed by atoms with Crippen LogP contribution in [0.1, 0.15) is 19.3 Å². The van der Waals surface area contributed by atoms with Gasteiger partial charge in [-0.3, -0.25) is 4.79 Å². The van der Waals surface area contributed by atoms with Crippen molar-refractivity contribution in [3.05, 3.63) is 23.2 Å². The third-order valence-electron chi connectivity index (χ3n) is 7.43. The topological polar surface area (TPSA) is 83.6 Å². The van der Waals surface area contributed by atoms with E-state index in [4.69, 9.17) is 25.8 Å². The second-order valence-corrected chi connectivity index (χ2v) is 10.1. The molecule has 178 valence electrons. The molecule has 0 aliphatic carbocycles. The van der Waals surface area contributed by atoms with Gasteiger partial charge in [-0.25, -0.2) is 4.79 Å². The fraction of sp³-hybridized carbons (Fsp3) is 0.652. The molecule has 5 fully saturated rings. The van der Waals surface area contributed by atoms with Crippen LogP contribution in [0.2, 0.25) is 5.02 Å². The fourth-order valence-corrected chi connectivity index (χ4v) is 5.87. The minimum atomic E-state index is -0.130. The van der Waals surface area contributed by atoms with Gasteiger partial charge < -0.3 is 34.2 Å². The van der Waals surface area contributed by atoms with Crippen molar-refractivity contribution >= 4 is 29.2 Å². The number of urea groups is 1. The molecule has 6 rings (SSSR count). The van der Waals surface area contributed by atoms with Crippen LogP contribution in [0.3, 0.4) is 0 Å². The van der Waals surface area contributed by atoms with Crippen molar-refractivity contribution in [3.8, 4) is 5.75 Å². The lowest BCUT2D eigenvalue weighted by Crippen LogP contribution is -2.65. The number of fused-ring (bicyclic) bond motifs is 1. The third-order valence-corrected chi connectivity index (χ3v) is 7.81. The fourth-order valence-electron chi connectivity index (χ4n) is 5.58. The number of hydrogen-bond acceptors (Lipinski definition) is 6. The van der Waals surface area contributed by atoms with Crippen LogP contribution >= 0.6 is 11.6 Å². The van der Waals surface area contributed by atoms with Crippen LogP contribution in [0.25, 0.3) is 0 Å². The van der Waals surface area contributed by atoms with Crippen LogP contribution in [-0.4, -0.2) is 98.1 Å². The molecule has 1 N–H and O–H groups in total. The first kappa shape index (κ1) is 21.3. The summed E-state index contributed by atoms with van der Waals surface area (Å²) < 4.78 is 17.6. The van der Waals surface area contributed by atoms with Gasteiger partial charge in [0, 0.05) is 32.8 Å². The van der Waals surface area contributed by atoms with Crippen LogP contribution in [0.15, 0.2) is 18.2 Å². The predicted octanol–water partition coefficient (Wildman–Crippen LogP) is 1.48. The molecule has 33 heavy (non-hydrogen) atoms. The first-order valence-corrected chi connectivity index (χ1v) is 12.2. The van der Waals surface area contributed by atoms with E-state index < -0.39 is 0 Å². The zero-order valence-corrected chi connectivity index (χ0v) is 19.3. The van der Waals surface area contributed by atoms with Gasteiger partial charge in [0.05, 0.1) is 30.9 Å². The minimum absolute atomic E-state index is 0.00448. The Labute approximate surface area is 197 Å². The van der Waals surface area contributed by atoms with Crippen LogP contribution in [0.5, 0.6) is 5.75 Å². The van der Waals surface area contributed by atoms with Crippen molar-refractivity contribution in [1.29, 1.82) is 0 Å². The molecular formula is C23H29ClN4O5. The van der Waals surface area contributed by atoms with E-state index in [-0.39, 0.29) is 42.4 Å². The van der Waals surface area contributed by atoms with Crippen LogP contribution in [-0.2, 0) is 14.3 Å². The molecule has 1 aromatic carbocycles. The highest BCUT2D eigenvalue weighted by Gasteiger charge is 2.47. The Kier molecular flexibility index (Phi) is 5.31. The number of halogens is 1. The summed E-state index contributed by atoms with van der Waals surface area (Å²) in [6.07, 6.45) is 2.88. The number of benzene rings is 1. The standard InChI is InChI=1S/C23H29ClN4O5/c24-21-17(28-13-23(14-28)6-2-8-32-23)3-1-4-19(21)33-15-9-27(10-15)22(30)26-7-5-18-16(11-26)25-20(29)12-31-18/h1,3-4,15-16,18H,2,5-14H2,(H,25,29)/t16-,18+/m1/s1. The number of nitrogens with zero attached hydrogens (tertiary/aromatic N) is 3. The van der Waals surface area contributed by atoms with Crippen LogP contribution in [0, 0.1) is 0 Å². The third kappa shape index (κ3) is 3.90. The van der Waals surface area contributed by atoms with E-state index in [9.17, 15) is 9.59 Å². The van der Waals surface area contributed by atoms with Gasteiger partial charge in [-0.2, -0.15) is 0 Å². The van der Waals surface area contributed by atoms with Gasteiger partial charge in [0.25, 0.3) is 0 Å². The SMILES string of the molecule is O=C1CO[C@H]2CCN(C(=O)N3CC(Oc4cccc(N5CC6(CCCO6)C5)c4Cl)C3)C[C@H]2N1. The number of nitrogens with one attached hydrogen (secondary N) is 1. The largest absolute Gasteiger partial charge is 0.485 e. The Balaban J connectivity index is 1.02. The maximum atomic E-state index is 12.9. The van der Waals surface area contributed by atoms with Gasteiger partial charge in [-0.05, 0) is 31.4 Å². The van der Waals surface area contributed by atoms with Crippen molar-refractivity contribution in [3.63, 3.8) is 0 Å². The molecule has 5 saturated heterocycles. The zero-order valence-electron chi connectivity index (χ0n) is 18.5. The highest BCUT2D eigenvalue weighted by molar-refractivity contribution is 6.34. The van der Waals surface area contributed by atoms with E-state index in [0.717, 1.165) is 44.6 Å². The predicted molar refractivity (Wildman–Crippen MR) is 121 cm³/mol. The van der Waals surface area contributed by atoms with E-state index in [1.54, 1.807) is 9.80 Å².